The highest BCUT2D eigenvalue weighted by molar-refractivity contribution is 5.95. The second kappa shape index (κ2) is 10.4. The monoisotopic (exact) mass is 537 g/mol. The quantitative estimate of drug-likeness (QED) is 0.310. The molecule has 1 aliphatic rings. The van der Waals surface area contributed by atoms with Crippen LogP contribution in [0.2, 0.25) is 0 Å². The summed E-state index contributed by atoms with van der Waals surface area (Å²) in [6.07, 6.45) is 2.30. The van der Waals surface area contributed by atoms with E-state index in [0.29, 0.717) is 30.8 Å². The van der Waals surface area contributed by atoms with Gasteiger partial charge in [0.2, 0.25) is 0 Å². The van der Waals surface area contributed by atoms with E-state index in [2.05, 4.69) is 34.1 Å². The number of aromatic nitrogens is 3. The van der Waals surface area contributed by atoms with E-state index in [-0.39, 0.29) is 11.9 Å². The van der Waals surface area contributed by atoms with Crippen LogP contribution in [0.3, 0.4) is 0 Å². The number of methoxy groups -OCH3 is 1. The molecule has 3 aromatic heterocycles. The standard InChI is InChI=1S/C31H31N5O4/c1-20-29(27-16-22-8-3-4-11-26(22)36(27)18-21-7-5-10-25(15-21)40-2)33-28-17-23(12-14-35(20)28)30(37)34-13-6-9-24(19-34)32-31(38)39/h3-5,7-8,10-12,14-17,24,32H,6,9,13,18-19H2,1-2H3,(H,38,39). The van der Waals surface area contributed by atoms with Crippen molar-refractivity contribution in [1.29, 1.82) is 0 Å². The van der Waals surface area contributed by atoms with Crippen LogP contribution >= 0.6 is 0 Å². The number of amides is 2. The summed E-state index contributed by atoms with van der Waals surface area (Å²) in [5, 5.41) is 12.7. The number of ether oxygens (including phenoxy) is 1. The number of pyridine rings is 1. The summed E-state index contributed by atoms with van der Waals surface area (Å²) < 4.78 is 9.72. The number of rotatable bonds is 6. The fourth-order valence-electron chi connectivity index (χ4n) is 5.71. The SMILES string of the molecule is COc1cccc(Cn2c(-c3nc4cc(C(=O)N5CCCC(NC(=O)O)C5)ccn4c3C)cc3ccccc32)c1. The lowest BCUT2D eigenvalue weighted by Crippen LogP contribution is -2.49. The number of hydrogen-bond acceptors (Lipinski definition) is 4. The van der Waals surface area contributed by atoms with Gasteiger partial charge in [0.05, 0.1) is 12.8 Å². The van der Waals surface area contributed by atoms with Crippen LogP contribution in [-0.4, -0.2) is 62.2 Å². The molecule has 9 heteroatoms. The number of carbonyl (C=O) groups is 2. The summed E-state index contributed by atoms with van der Waals surface area (Å²) >= 11 is 0. The third kappa shape index (κ3) is 4.75. The van der Waals surface area contributed by atoms with Crippen molar-refractivity contribution in [2.45, 2.75) is 32.4 Å². The maximum atomic E-state index is 13.4. The van der Waals surface area contributed by atoms with Crippen molar-refractivity contribution in [2.24, 2.45) is 0 Å². The molecular formula is C31H31N5O4. The van der Waals surface area contributed by atoms with E-state index < -0.39 is 6.09 Å². The molecule has 0 spiro atoms. The van der Waals surface area contributed by atoms with Gasteiger partial charge in [-0.1, -0.05) is 30.3 Å². The Kier molecular flexibility index (Phi) is 6.63. The molecule has 1 fully saturated rings. The summed E-state index contributed by atoms with van der Waals surface area (Å²) in [7, 11) is 1.67. The molecule has 2 aromatic carbocycles. The second-order valence-corrected chi connectivity index (χ2v) is 10.3. The van der Waals surface area contributed by atoms with Gasteiger partial charge in [-0.25, -0.2) is 9.78 Å². The van der Waals surface area contributed by atoms with Gasteiger partial charge in [0.15, 0.2) is 0 Å². The number of hydrogen-bond donors (Lipinski definition) is 2. The van der Waals surface area contributed by atoms with Gasteiger partial charge < -0.3 is 29.0 Å². The molecule has 1 aliphatic heterocycles. The van der Waals surface area contributed by atoms with Crippen LogP contribution in [0.25, 0.3) is 27.9 Å². The van der Waals surface area contributed by atoms with Crippen LogP contribution in [0.1, 0.15) is 34.5 Å². The first-order valence-electron chi connectivity index (χ1n) is 13.4. The fraction of sp³-hybridized carbons (Fsp3) is 0.258. The number of carbonyl (C=O) groups excluding carboxylic acids is 1. The van der Waals surface area contributed by atoms with Gasteiger partial charge in [0.25, 0.3) is 5.91 Å². The van der Waals surface area contributed by atoms with Gasteiger partial charge in [0, 0.05) is 54.0 Å². The number of nitrogens with zero attached hydrogens (tertiary/aromatic N) is 4. The van der Waals surface area contributed by atoms with Gasteiger partial charge in [-0.3, -0.25) is 4.79 Å². The van der Waals surface area contributed by atoms with E-state index >= 15 is 0 Å². The number of carboxylic acid groups (broad SMARTS) is 1. The van der Waals surface area contributed by atoms with Crippen molar-refractivity contribution >= 4 is 28.6 Å². The fourth-order valence-corrected chi connectivity index (χ4v) is 5.71. The number of piperidine rings is 1. The van der Waals surface area contributed by atoms with Gasteiger partial charge in [-0.05, 0) is 61.7 Å². The molecule has 6 rings (SSSR count). The van der Waals surface area contributed by atoms with E-state index in [0.717, 1.165) is 52.1 Å². The van der Waals surface area contributed by atoms with Crippen LogP contribution in [0.5, 0.6) is 5.75 Å². The Morgan fingerprint density at radius 1 is 1.10 bits per heavy atom. The van der Waals surface area contributed by atoms with Gasteiger partial charge in [0.1, 0.15) is 17.1 Å². The highest BCUT2D eigenvalue weighted by Gasteiger charge is 2.26. The average Bonchev–Trinajstić information content (AvgIpc) is 3.49. The molecule has 204 valence electrons. The zero-order valence-corrected chi connectivity index (χ0v) is 22.5. The van der Waals surface area contributed by atoms with Gasteiger partial charge in [-0.15, -0.1) is 0 Å². The van der Waals surface area contributed by atoms with Crippen molar-refractivity contribution in [3.05, 3.63) is 89.7 Å². The number of fused-ring (bicyclic) bond motifs is 2. The highest BCUT2D eigenvalue weighted by atomic mass is 16.5. The minimum atomic E-state index is -1.06. The number of aryl methyl sites for hydroxylation is 1. The number of benzene rings is 2. The Morgan fingerprint density at radius 3 is 2.77 bits per heavy atom. The Hall–Kier alpha value is -4.79. The molecule has 1 saturated heterocycles. The molecule has 9 nitrogen and oxygen atoms in total. The average molecular weight is 538 g/mol. The first-order chi connectivity index (χ1) is 19.4. The Morgan fingerprint density at radius 2 is 1.95 bits per heavy atom. The van der Waals surface area contributed by atoms with Crippen LogP contribution in [0.4, 0.5) is 4.79 Å². The lowest BCUT2D eigenvalue weighted by atomic mass is 10.0. The summed E-state index contributed by atoms with van der Waals surface area (Å²) in [6, 6.07) is 21.9. The molecule has 0 aliphatic carbocycles. The molecule has 1 atom stereocenters. The largest absolute Gasteiger partial charge is 0.497 e. The number of nitrogens with one attached hydrogen (secondary N) is 1. The van der Waals surface area contributed by atoms with Crippen molar-refractivity contribution in [3.8, 4) is 17.1 Å². The Bertz CT molecular complexity index is 1740. The molecule has 2 N–H and O–H groups in total. The van der Waals surface area contributed by atoms with Crippen molar-refractivity contribution < 1.29 is 19.4 Å². The first-order valence-corrected chi connectivity index (χ1v) is 13.4. The molecule has 40 heavy (non-hydrogen) atoms. The number of para-hydroxylation sites is 1. The molecule has 0 bridgehead atoms. The van der Waals surface area contributed by atoms with Crippen LogP contribution in [0.15, 0.2) is 72.9 Å². The topological polar surface area (TPSA) is 101 Å². The smallest absolute Gasteiger partial charge is 0.404 e. The summed E-state index contributed by atoms with van der Waals surface area (Å²) in [6.45, 7) is 3.65. The maximum Gasteiger partial charge on any atom is 0.404 e. The molecular weight excluding hydrogens is 506 g/mol. The zero-order chi connectivity index (χ0) is 27.8. The minimum Gasteiger partial charge on any atom is -0.497 e. The molecule has 0 saturated carbocycles. The second-order valence-electron chi connectivity index (χ2n) is 10.3. The third-order valence-electron chi connectivity index (χ3n) is 7.68. The molecule has 5 aromatic rings. The molecule has 4 heterocycles. The van der Waals surface area contributed by atoms with E-state index in [9.17, 15) is 9.59 Å². The first kappa shape index (κ1) is 25.5. The van der Waals surface area contributed by atoms with Crippen LogP contribution in [0, 0.1) is 6.92 Å². The molecule has 0 radical (unpaired) electrons. The number of likely N-dealkylation sites (tertiary alicyclic amines) is 1. The van der Waals surface area contributed by atoms with Gasteiger partial charge in [-0.2, -0.15) is 0 Å². The van der Waals surface area contributed by atoms with Crippen molar-refractivity contribution in [1.82, 2.24) is 24.2 Å². The number of imidazole rings is 1. The summed E-state index contributed by atoms with van der Waals surface area (Å²) in [5.74, 6) is 0.698. The predicted molar refractivity (Wildman–Crippen MR) is 153 cm³/mol. The zero-order valence-electron chi connectivity index (χ0n) is 22.5. The van der Waals surface area contributed by atoms with Crippen LogP contribution < -0.4 is 10.1 Å². The third-order valence-corrected chi connectivity index (χ3v) is 7.68. The minimum absolute atomic E-state index is 0.117. The lowest BCUT2D eigenvalue weighted by Gasteiger charge is -2.32. The van der Waals surface area contributed by atoms with Crippen molar-refractivity contribution in [2.75, 3.05) is 20.2 Å². The predicted octanol–water partition coefficient (Wildman–Crippen LogP) is 5.19. The van der Waals surface area contributed by atoms with Crippen LogP contribution in [-0.2, 0) is 6.54 Å². The Balaban J connectivity index is 1.37. The van der Waals surface area contributed by atoms with Crippen molar-refractivity contribution in [3.63, 3.8) is 0 Å². The molecule has 2 amide bonds. The van der Waals surface area contributed by atoms with Gasteiger partial charge >= 0.3 is 6.09 Å². The normalized spacial score (nSPS) is 15.4. The van der Waals surface area contributed by atoms with E-state index in [4.69, 9.17) is 14.8 Å². The van der Waals surface area contributed by atoms with E-state index in [1.165, 1.54) is 0 Å². The highest BCUT2D eigenvalue weighted by Crippen LogP contribution is 2.32. The molecule has 1 unspecified atom stereocenters. The van der Waals surface area contributed by atoms with E-state index in [1.54, 1.807) is 12.0 Å². The van der Waals surface area contributed by atoms with E-state index in [1.807, 2.05) is 60.0 Å². The summed E-state index contributed by atoms with van der Waals surface area (Å²) in [5.41, 5.74) is 6.29. The Labute approximate surface area is 231 Å². The summed E-state index contributed by atoms with van der Waals surface area (Å²) in [4.78, 5) is 31.2. The lowest BCUT2D eigenvalue weighted by molar-refractivity contribution is 0.0692. The maximum absolute atomic E-state index is 13.4.